The van der Waals surface area contributed by atoms with Gasteiger partial charge >= 0.3 is 0 Å². The maximum absolute atomic E-state index is 5.60. The van der Waals surface area contributed by atoms with Gasteiger partial charge in [-0.1, -0.05) is 52.4 Å². The zero-order valence-electron chi connectivity index (χ0n) is 9.64. The molecular formula is C10H26OSi2. The smallest absolute Gasteiger partial charge is 0.162 e. The molecular weight excluding hydrogens is 192 g/mol. The molecule has 3 heteroatoms. The Kier molecular flexibility index (Phi) is 10.8. The molecule has 1 unspecified atom stereocenters. The lowest BCUT2D eigenvalue weighted by atomic mass is 10.1. The maximum Gasteiger partial charge on any atom is 0.162 e. The van der Waals surface area contributed by atoms with E-state index in [0.717, 1.165) is 10.5 Å². The Balaban J connectivity index is 3.05. The predicted molar refractivity (Wildman–Crippen MR) is 66.8 cm³/mol. The minimum absolute atomic E-state index is 0.689. The normalized spacial score (nSPS) is 13.4. The minimum atomic E-state index is -0.689. The first-order valence-electron chi connectivity index (χ1n) is 5.87. The second-order valence-electron chi connectivity index (χ2n) is 3.82. The molecule has 0 rings (SSSR count). The fourth-order valence-corrected chi connectivity index (χ4v) is 5.07. The third kappa shape index (κ3) is 8.72. The van der Waals surface area contributed by atoms with Crippen molar-refractivity contribution in [1.82, 2.24) is 0 Å². The number of hydrogen-bond acceptors (Lipinski definition) is 1. The maximum atomic E-state index is 5.60. The Bertz CT molecular complexity index is 94.9. The van der Waals surface area contributed by atoms with Gasteiger partial charge in [0.05, 0.1) is 0 Å². The highest BCUT2D eigenvalue weighted by Gasteiger charge is 2.04. The van der Waals surface area contributed by atoms with Crippen LogP contribution in [0.2, 0.25) is 12.1 Å². The Morgan fingerprint density at radius 1 is 1.00 bits per heavy atom. The molecule has 0 amide bonds. The molecule has 0 radical (unpaired) electrons. The average Bonchev–Trinajstić information content (AvgIpc) is 2.17. The van der Waals surface area contributed by atoms with Crippen LogP contribution in [0.4, 0.5) is 0 Å². The van der Waals surface area contributed by atoms with Crippen molar-refractivity contribution in [2.45, 2.75) is 64.5 Å². The lowest BCUT2D eigenvalue weighted by Gasteiger charge is -2.10. The molecule has 0 aromatic heterocycles. The summed E-state index contributed by atoms with van der Waals surface area (Å²) in [5.41, 5.74) is 0. The topological polar surface area (TPSA) is 9.23 Å². The molecule has 0 aliphatic heterocycles. The van der Waals surface area contributed by atoms with E-state index in [1.54, 1.807) is 0 Å². The van der Waals surface area contributed by atoms with Gasteiger partial charge in [-0.05, 0) is 12.1 Å². The Morgan fingerprint density at radius 2 is 1.62 bits per heavy atom. The molecule has 0 fully saturated rings. The highest BCUT2D eigenvalue weighted by atomic mass is 28.3. The summed E-state index contributed by atoms with van der Waals surface area (Å²) in [5, 5.41) is 0. The number of hydrogen-bond donors (Lipinski definition) is 0. The van der Waals surface area contributed by atoms with Crippen molar-refractivity contribution in [3.05, 3.63) is 0 Å². The van der Waals surface area contributed by atoms with Gasteiger partial charge in [-0.25, -0.2) is 0 Å². The van der Waals surface area contributed by atoms with Gasteiger partial charge in [0.1, 0.15) is 10.5 Å². The van der Waals surface area contributed by atoms with Crippen LogP contribution in [0, 0.1) is 0 Å². The first-order chi connectivity index (χ1) is 6.35. The van der Waals surface area contributed by atoms with Gasteiger partial charge in [-0.3, -0.25) is 0 Å². The average molecular weight is 218 g/mol. The van der Waals surface area contributed by atoms with E-state index in [1.165, 1.54) is 50.6 Å². The molecule has 0 heterocycles. The molecule has 0 N–H and O–H groups in total. The number of rotatable bonds is 9. The van der Waals surface area contributed by atoms with E-state index in [9.17, 15) is 0 Å². The molecule has 1 atom stereocenters. The van der Waals surface area contributed by atoms with Gasteiger partial charge in [0.2, 0.25) is 0 Å². The van der Waals surface area contributed by atoms with Crippen LogP contribution < -0.4 is 0 Å². The van der Waals surface area contributed by atoms with Crippen LogP contribution in [-0.4, -0.2) is 19.5 Å². The summed E-state index contributed by atoms with van der Waals surface area (Å²) in [6.45, 7) is 4.56. The molecule has 0 spiro atoms. The van der Waals surface area contributed by atoms with Crippen molar-refractivity contribution in [3.63, 3.8) is 0 Å². The Hall–Kier alpha value is 0.394. The summed E-state index contributed by atoms with van der Waals surface area (Å²) in [6.07, 6.45) is 8.53. The SMILES string of the molecule is CCCCCCCC[SiH](CC)O[SiH3]. The van der Waals surface area contributed by atoms with Crippen LogP contribution in [-0.2, 0) is 4.12 Å². The Labute approximate surface area is 88.5 Å². The first-order valence-corrected chi connectivity index (χ1v) is 8.80. The summed E-state index contributed by atoms with van der Waals surface area (Å²) in [4.78, 5) is 0. The predicted octanol–water partition coefficient (Wildman–Crippen LogP) is 2.39. The lowest BCUT2D eigenvalue weighted by Crippen LogP contribution is -2.14. The summed E-state index contributed by atoms with van der Waals surface area (Å²) < 4.78 is 5.60. The highest BCUT2D eigenvalue weighted by molar-refractivity contribution is 6.55. The van der Waals surface area contributed by atoms with E-state index in [-0.39, 0.29) is 0 Å². The van der Waals surface area contributed by atoms with Crippen molar-refractivity contribution < 1.29 is 4.12 Å². The monoisotopic (exact) mass is 218 g/mol. The van der Waals surface area contributed by atoms with Crippen molar-refractivity contribution in [1.29, 1.82) is 0 Å². The van der Waals surface area contributed by atoms with E-state index >= 15 is 0 Å². The summed E-state index contributed by atoms with van der Waals surface area (Å²) in [5.74, 6) is 0. The van der Waals surface area contributed by atoms with Crippen LogP contribution in [0.25, 0.3) is 0 Å². The van der Waals surface area contributed by atoms with Gasteiger partial charge in [0, 0.05) is 0 Å². The molecule has 0 aromatic rings. The zero-order valence-corrected chi connectivity index (χ0v) is 12.8. The number of unbranched alkanes of at least 4 members (excludes halogenated alkanes) is 5. The highest BCUT2D eigenvalue weighted by Crippen LogP contribution is 2.10. The molecule has 0 aliphatic carbocycles. The zero-order chi connectivity index (χ0) is 9.94. The van der Waals surface area contributed by atoms with Crippen molar-refractivity contribution in [2.24, 2.45) is 0 Å². The van der Waals surface area contributed by atoms with Crippen molar-refractivity contribution in [2.75, 3.05) is 0 Å². The molecule has 0 bridgehead atoms. The Morgan fingerprint density at radius 3 is 2.15 bits per heavy atom. The van der Waals surface area contributed by atoms with Crippen molar-refractivity contribution >= 4 is 19.5 Å². The van der Waals surface area contributed by atoms with Gasteiger partial charge in [-0.2, -0.15) is 0 Å². The van der Waals surface area contributed by atoms with Gasteiger partial charge < -0.3 is 4.12 Å². The van der Waals surface area contributed by atoms with Crippen LogP contribution in [0.3, 0.4) is 0 Å². The lowest BCUT2D eigenvalue weighted by molar-refractivity contribution is 0.592. The van der Waals surface area contributed by atoms with E-state index in [2.05, 4.69) is 13.8 Å². The summed E-state index contributed by atoms with van der Waals surface area (Å²) in [7, 11) is 0.275. The summed E-state index contributed by atoms with van der Waals surface area (Å²) in [6, 6.07) is 2.75. The second-order valence-corrected chi connectivity index (χ2v) is 8.35. The molecule has 0 aromatic carbocycles. The second kappa shape index (κ2) is 10.5. The van der Waals surface area contributed by atoms with E-state index < -0.39 is 9.04 Å². The third-order valence-electron chi connectivity index (χ3n) is 2.67. The van der Waals surface area contributed by atoms with Crippen LogP contribution in [0.1, 0.15) is 52.4 Å². The molecule has 0 saturated carbocycles. The van der Waals surface area contributed by atoms with E-state index in [1.807, 2.05) is 0 Å². The van der Waals surface area contributed by atoms with Crippen LogP contribution >= 0.6 is 0 Å². The standard InChI is InChI=1S/C10H26OSi2/c1-3-5-6-7-8-9-10-13(4-2)11-12/h13H,3-10H2,1-2,12H3. The van der Waals surface area contributed by atoms with Crippen LogP contribution in [0.15, 0.2) is 0 Å². The van der Waals surface area contributed by atoms with Gasteiger partial charge in [0.15, 0.2) is 9.04 Å². The van der Waals surface area contributed by atoms with Crippen molar-refractivity contribution in [3.8, 4) is 0 Å². The van der Waals surface area contributed by atoms with Gasteiger partial charge in [-0.15, -0.1) is 0 Å². The largest absolute Gasteiger partial charge is 0.466 e. The minimum Gasteiger partial charge on any atom is -0.466 e. The molecule has 0 aliphatic rings. The third-order valence-corrected chi connectivity index (χ3v) is 7.30. The molecule has 80 valence electrons. The molecule has 0 saturated heterocycles. The quantitative estimate of drug-likeness (QED) is 0.426. The van der Waals surface area contributed by atoms with Gasteiger partial charge in [0.25, 0.3) is 0 Å². The van der Waals surface area contributed by atoms with E-state index in [0.29, 0.717) is 0 Å². The first kappa shape index (κ1) is 13.4. The van der Waals surface area contributed by atoms with E-state index in [4.69, 9.17) is 4.12 Å². The molecule has 13 heavy (non-hydrogen) atoms. The molecule has 1 nitrogen and oxygen atoms in total. The fourth-order valence-electron chi connectivity index (χ4n) is 1.64. The summed E-state index contributed by atoms with van der Waals surface area (Å²) >= 11 is 0. The fraction of sp³-hybridized carbons (Fsp3) is 1.00. The van der Waals surface area contributed by atoms with Crippen LogP contribution in [0.5, 0.6) is 0 Å².